The summed E-state index contributed by atoms with van der Waals surface area (Å²) in [7, 11) is 0. The number of aryl methyl sites for hydroxylation is 1. The molecule has 1 atom stereocenters. The number of anilines is 1. The first-order valence-electron chi connectivity index (χ1n) is 6.51. The maximum Gasteiger partial charge on any atom is 0.238 e. The van der Waals surface area contributed by atoms with Gasteiger partial charge in [-0.05, 0) is 31.2 Å². The van der Waals surface area contributed by atoms with E-state index in [9.17, 15) is 4.79 Å². The summed E-state index contributed by atoms with van der Waals surface area (Å²) in [5.74, 6) is 0.553. The van der Waals surface area contributed by atoms with E-state index in [0.29, 0.717) is 15.8 Å². The quantitative estimate of drug-likeness (QED) is 0.761. The van der Waals surface area contributed by atoms with Gasteiger partial charge in [-0.1, -0.05) is 47.0 Å². The van der Waals surface area contributed by atoms with Crippen molar-refractivity contribution in [3.8, 4) is 0 Å². The van der Waals surface area contributed by atoms with Gasteiger partial charge in [0.05, 0.1) is 5.75 Å². The number of thioether (sulfide) groups is 1. The van der Waals surface area contributed by atoms with Crippen LogP contribution in [0.4, 0.5) is 5.69 Å². The molecule has 1 heterocycles. The van der Waals surface area contributed by atoms with Crippen molar-refractivity contribution in [1.29, 1.82) is 0 Å². The molecule has 21 heavy (non-hydrogen) atoms. The third kappa shape index (κ3) is 2.91. The average Bonchev–Trinajstić information content (AvgIpc) is 2.82. The molecule has 0 aliphatic carbocycles. The number of hydrogen-bond acceptors (Lipinski definition) is 2. The largest absolute Gasteiger partial charge is 0.295 e. The Morgan fingerprint density at radius 3 is 2.52 bits per heavy atom. The predicted octanol–water partition coefficient (Wildman–Crippen LogP) is 5.08. The summed E-state index contributed by atoms with van der Waals surface area (Å²) >= 11 is 13.8. The minimum absolute atomic E-state index is 0.0971. The second-order valence-corrected chi connectivity index (χ2v) is 6.84. The number of rotatable bonds is 2. The van der Waals surface area contributed by atoms with Gasteiger partial charge in [0.1, 0.15) is 5.37 Å². The Hall–Kier alpha value is -1.16. The van der Waals surface area contributed by atoms with Gasteiger partial charge < -0.3 is 0 Å². The topological polar surface area (TPSA) is 20.3 Å². The Morgan fingerprint density at radius 2 is 1.86 bits per heavy atom. The van der Waals surface area contributed by atoms with Crippen molar-refractivity contribution in [3.63, 3.8) is 0 Å². The van der Waals surface area contributed by atoms with Crippen LogP contribution in [0.5, 0.6) is 0 Å². The SMILES string of the molecule is Cc1ccc(N2C(=O)CS[C@@H]2c2ccc(Cl)cc2Cl)cc1. The second-order valence-electron chi connectivity index (χ2n) is 4.93. The van der Waals surface area contributed by atoms with Crippen molar-refractivity contribution in [3.05, 3.63) is 63.6 Å². The fraction of sp³-hybridized carbons (Fsp3) is 0.188. The monoisotopic (exact) mass is 337 g/mol. The molecule has 0 spiro atoms. The summed E-state index contributed by atoms with van der Waals surface area (Å²) in [5, 5.41) is 1.08. The van der Waals surface area contributed by atoms with Crippen molar-refractivity contribution in [2.24, 2.45) is 0 Å². The van der Waals surface area contributed by atoms with Crippen LogP contribution < -0.4 is 4.90 Å². The van der Waals surface area contributed by atoms with Gasteiger partial charge in [0.15, 0.2) is 0 Å². The number of amides is 1. The molecule has 1 fully saturated rings. The number of carbonyl (C=O) groups excluding carboxylic acids is 1. The fourth-order valence-electron chi connectivity index (χ4n) is 2.34. The molecule has 5 heteroatoms. The third-order valence-electron chi connectivity index (χ3n) is 3.41. The minimum atomic E-state index is -0.107. The zero-order valence-electron chi connectivity index (χ0n) is 11.3. The Labute approximate surface area is 138 Å². The van der Waals surface area contributed by atoms with Crippen LogP contribution in [0, 0.1) is 6.92 Å². The van der Waals surface area contributed by atoms with Gasteiger partial charge in [-0.25, -0.2) is 0 Å². The lowest BCUT2D eigenvalue weighted by Gasteiger charge is -2.25. The number of hydrogen-bond donors (Lipinski definition) is 0. The average molecular weight is 338 g/mol. The molecule has 1 aliphatic rings. The molecule has 2 aromatic carbocycles. The van der Waals surface area contributed by atoms with E-state index in [-0.39, 0.29) is 11.3 Å². The first-order valence-corrected chi connectivity index (χ1v) is 8.32. The number of nitrogens with zero attached hydrogens (tertiary/aromatic N) is 1. The van der Waals surface area contributed by atoms with Crippen molar-refractivity contribution < 1.29 is 4.79 Å². The molecule has 0 unspecified atom stereocenters. The number of carbonyl (C=O) groups is 1. The van der Waals surface area contributed by atoms with Crippen LogP contribution in [0.3, 0.4) is 0 Å². The normalized spacial score (nSPS) is 18.3. The van der Waals surface area contributed by atoms with Crippen molar-refractivity contribution >= 4 is 46.6 Å². The Balaban J connectivity index is 2.01. The zero-order valence-corrected chi connectivity index (χ0v) is 13.7. The summed E-state index contributed by atoms with van der Waals surface area (Å²) in [6.45, 7) is 2.03. The molecule has 0 saturated carbocycles. The van der Waals surface area contributed by atoms with Gasteiger partial charge >= 0.3 is 0 Å². The smallest absolute Gasteiger partial charge is 0.238 e. The van der Waals surface area contributed by atoms with Crippen LogP contribution in [0.2, 0.25) is 10.0 Å². The van der Waals surface area contributed by atoms with E-state index in [2.05, 4.69) is 0 Å². The summed E-state index contributed by atoms with van der Waals surface area (Å²) in [4.78, 5) is 14.1. The lowest BCUT2D eigenvalue weighted by atomic mass is 10.1. The van der Waals surface area contributed by atoms with E-state index in [0.717, 1.165) is 11.3 Å². The zero-order chi connectivity index (χ0) is 15.0. The van der Waals surface area contributed by atoms with E-state index < -0.39 is 0 Å². The third-order valence-corrected chi connectivity index (χ3v) is 5.17. The molecule has 1 saturated heterocycles. The van der Waals surface area contributed by atoms with Crippen molar-refractivity contribution in [2.45, 2.75) is 12.3 Å². The molecule has 0 bridgehead atoms. The maximum absolute atomic E-state index is 12.3. The van der Waals surface area contributed by atoms with Crippen LogP contribution in [0.25, 0.3) is 0 Å². The molecule has 0 aromatic heterocycles. The fourth-order valence-corrected chi connectivity index (χ4v) is 4.13. The van der Waals surface area contributed by atoms with Gasteiger partial charge in [-0.3, -0.25) is 9.69 Å². The first kappa shape index (κ1) is 14.8. The number of halogens is 2. The van der Waals surface area contributed by atoms with E-state index in [4.69, 9.17) is 23.2 Å². The molecule has 2 nitrogen and oxygen atoms in total. The molecular formula is C16H13Cl2NOS. The highest BCUT2D eigenvalue weighted by molar-refractivity contribution is 8.00. The Kier molecular flexibility index (Phi) is 4.16. The van der Waals surface area contributed by atoms with Crippen LogP contribution in [-0.4, -0.2) is 11.7 Å². The number of benzene rings is 2. The molecule has 0 N–H and O–H groups in total. The van der Waals surface area contributed by atoms with Crippen LogP contribution >= 0.6 is 35.0 Å². The van der Waals surface area contributed by atoms with Crippen LogP contribution in [0.1, 0.15) is 16.5 Å². The highest BCUT2D eigenvalue weighted by Crippen LogP contribution is 2.44. The van der Waals surface area contributed by atoms with E-state index in [1.165, 1.54) is 5.56 Å². The molecule has 2 aromatic rings. The summed E-state index contributed by atoms with van der Waals surface area (Å²) in [5.41, 5.74) is 2.98. The van der Waals surface area contributed by atoms with E-state index in [1.807, 2.05) is 37.3 Å². The summed E-state index contributed by atoms with van der Waals surface area (Å²) in [6.07, 6.45) is 0. The van der Waals surface area contributed by atoms with Gasteiger partial charge in [-0.15, -0.1) is 11.8 Å². The van der Waals surface area contributed by atoms with E-state index >= 15 is 0 Å². The van der Waals surface area contributed by atoms with Crippen LogP contribution in [-0.2, 0) is 4.79 Å². The lowest BCUT2D eigenvalue weighted by molar-refractivity contribution is -0.115. The van der Waals surface area contributed by atoms with Crippen molar-refractivity contribution in [1.82, 2.24) is 0 Å². The van der Waals surface area contributed by atoms with Crippen LogP contribution in [0.15, 0.2) is 42.5 Å². The first-order chi connectivity index (χ1) is 10.1. The molecule has 1 aliphatic heterocycles. The van der Waals surface area contributed by atoms with Gasteiger partial charge in [-0.2, -0.15) is 0 Å². The Morgan fingerprint density at radius 1 is 1.14 bits per heavy atom. The second kappa shape index (κ2) is 5.91. The van der Waals surface area contributed by atoms with Crippen molar-refractivity contribution in [2.75, 3.05) is 10.7 Å². The molecular weight excluding hydrogens is 325 g/mol. The predicted molar refractivity (Wildman–Crippen MR) is 90.3 cm³/mol. The Bertz CT molecular complexity index is 687. The highest BCUT2D eigenvalue weighted by atomic mass is 35.5. The summed E-state index contributed by atoms with van der Waals surface area (Å²) in [6, 6.07) is 13.4. The molecule has 108 valence electrons. The maximum atomic E-state index is 12.3. The standard InChI is InChI=1S/C16H13Cl2NOS/c1-10-2-5-12(6-3-10)19-15(20)9-21-16(19)13-7-4-11(17)8-14(13)18/h2-8,16H,9H2,1H3/t16-/m1/s1. The minimum Gasteiger partial charge on any atom is -0.295 e. The van der Waals surface area contributed by atoms with Gasteiger partial charge in [0, 0.05) is 21.3 Å². The summed E-state index contributed by atoms with van der Waals surface area (Å²) < 4.78 is 0. The van der Waals surface area contributed by atoms with E-state index in [1.54, 1.807) is 28.8 Å². The lowest BCUT2D eigenvalue weighted by Crippen LogP contribution is -2.27. The van der Waals surface area contributed by atoms with Gasteiger partial charge in [0.2, 0.25) is 5.91 Å². The highest BCUT2D eigenvalue weighted by Gasteiger charge is 2.35. The molecule has 3 rings (SSSR count). The molecule has 0 radical (unpaired) electrons. The van der Waals surface area contributed by atoms with Gasteiger partial charge in [0.25, 0.3) is 0 Å². The molecule has 1 amide bonds.